The van der Waals surface area contributed by atoms with Crippen LogP contribution >= 0.6 is 0 Å². The number of aromatic nitrogens is 2. The van der Waals surface area contributed by atoms with E-state index in [0.29, 0.717) is 11.3 Å². The zero-order valence-corrected chi connectivity index (χ0v) is 19.4. The summed E-state index contributed by atoms with van der Waals surface area (Å²) in [4.78, 5) is 27.8. The van der Waals surface area contributed by atoms with Gasteiger partial charge in [0.25, 0.3) is 0 Å². The number of halogens is 1. The van der Waals surface area contributed by atoms with Gasteiger partial charge >= 0.3 is 0 Å². The van der Waals surface area contributed by atoms with Gasteiger partial charge in [0.2, 0.25) is 11.9 Å². The summed E-state index contributed by atoms with van der Waals surface area (Å²) >= 11 is 0. The Bertz CT molecular complexity index is 1420. The Morgan fingerprint density at radius 1 is 0.914 bits per heavy atom. The number of guanidine groups is 1. The Kier molecular flexibility index (Phi) is 5.61. The summed E-state index contributed by atoms with van der Waals surface area (Å²) in [7, 11) is 1.62. The molecule has 2 aromatic heterocycles. The molecule has 3 heterocycles. The van der Waals surface area contributed by atoms with E-state index in [0.717, 1.165) is 16.7 Å². The van der Waals surface area contributed by atoms with Gasteiger partial charge in [0, 0.05) is 19.4 Å². The van der Waals surface area contributed by atoms with Gasteiger partial charge in [-0.1, -0.05) is 54.6 Å². The minimum absolute atomic E-state index is 0.126. The number of hydrogen-bond acceptors (Lipinski definition) is 5. The van der Waals surface area contributed by atoms with Gasteiger partial charge in [-0.05, 0) is 53.4 Å². The first-order chi connectivity index (χ1) is 16.9. The Morgan fingerprint density at radius 2 is 1.63 bits per heavy atom. The van der Waals surface area contributed by atoms with Gasteiger partial charge in [-0.25, -0.2) is 9.98 Å². The van der Waals surface area contributed by atoms with E-state index >= 15 is 0 Å². The highest BCUT2D eigenvalue weighted by Crippen LogP contribution is 2.44. The van der Waals surface area contributed by atoms with E-state index in [-0.39, 0.29) is 17.4 Å². The summed E-state index contributed by atoms with van der Waals surface area (Å²) in [6, 6.07) is 24.8. The Hall–Kier alpha value is -4.39. The minimum atomic E-state index is -1.03. The molecule has 6 nitrogen and oxygen atoms in total. The highest BCUT2D eigenvalue weighted by molar-refractivity contribution is 6.02. The van der Waals surface area contributed by atoms with E-state index in [2.05, 4.69) is 9.97 Å². The first-order valence-corrected chi connectivity index (χ1v) is 11.2. The molecule has 0 bridgehead atoms. The number of pyridine rings is 2. The van der Waals surface area contributed by atoms with E-state index in [9.17, 15) is 9.18 Å². The van der Waals surface area contributed by atoms with Crippen molar-refractivity contribution < 1.29 is 9.18 Å². The fourth-order valence-electron chi connectivity index (χ4n) is 4.59. The van der Waals surface area contributed by atoms with Crippen LogP contribution in [0.2, 0.25) is 0 Å². The van der Waals surface area contributed by atoms with E-state index in [1.807, 2.05) is 61.5 Å². The lowest BCUT2D eigenvalue weighted by molar-refractivity contribution is -0.130. The molecular weight excluding hydrogens is 441 g/mol. The van der Waals surface area contributed by atoms with Crippen molar-refractivity contribution in [1.82, 2.24) is 14.9 Å². The standard InChI is InChI=1S/C28H24FN5O/c1-28(21-14-16-31-23(17-21)22-9-6-15-32-25(22)29)24(26(35)34(2)27(30)33-28)20-12-10-19(11-13-20)18-7-4-3-5-8-18/h3-17,24H,1-2H3,(H2,30,33)/t24-,28-/m1/s1. The maximum absolute atomic E-state index is 14.4. The third-order valence-corrected chi connectivity index (χ3v) is 6.56. The lowest BCUT2D eigenvalue weighted by atomic mass is 9.74. The summed E-state index contributed by atoms with van der Waals surface area (Å²) in [6.07, 6.45) is 2.98. The van der Waals surface area contributed by atoms with Crippen LogP contribution in [0.1, 0.15) is 24.0 Å². The maximum Gasteiger partial charge on any atom is 0.239 e. The molecule has 4 aromatic rings. The molecule has 1 amide bonds. The molecule has 2 atom stereocenters. The molecule has 0 fully saturated rings. The molecule has 1 aliphatic heterocycles. The van der Waals surface area contributed by atoms with E-state index in [1.165, 1.54) is 11.1 Å². The van der Waals surface area contributed by atoms with Gasteiger partial charge in [0.15, 0.2) is 5.96 Å². The fraction of sp³-hybridized carbons (Fsp3) is 0.143. The number of likely N-dealkylation sites (N-methyl/N-ethyl adjacent to an activating group) is 1. The van der Waals surface area contributed by atoms with Crippen molar-refractivity contribution in [3.8, 4) is 22.4 Å². The summed E-state index contributed by atoms with van der Waals surface area (Å²) in [5.74, 6) is -1.30. The van der Waals surface area contributed by atoms with Gasteiger partial charge in [0.05, 0.1) is 17.2 Å². The van der Waals surface area contributed by atoms with E-state index < -0.39 is 17.4 Å². The largest absolute Gasteiger partial charge is 0.369 e. The fourth-order valence-corrected chi connectivity index (χ4v) is 4.59. The van der Waals surface area contributed by atoms with Crippen molar-refractivity contribution >= 4 is 11.9 Å². The number of carbonyl (C=O) groups is 1. The molecule has 35 heavy (non-hydrogen) atoms. The van der Waals surface area contributed by atoms with Crippen molar-refractivity contribution in [2.24, 2.45) is 10.7 Å². The van der Waals surface area contributed by atoms with Gasteiger partial charge in [-0.2, -0.15) is 4.39 Å². The van der Waals surface area contributed by atoms with Gasteiger partial charge in [0.1, 0.15) is 5.54 Å². The number of carbonyl (C=O) groups excluding carboxylic acids is 1. The number of rotatable bonds is 4. The summed E-state index contributed by atoms with van der Waals surface area (Å²) < 4.78 is 14.4. The summed E-state index contributed by atoms with van der Waals surface area (Å²) in [5.41, 5.74) is 9.47. The molecule has 0 unspecified atom stereocenters. The van der Waals surface area contributed by atoms with Crippen LogP contribution in [0.4, 0.5) is 4.39 Å². The van der Waals surface area contributed by atoms with Crippen molar-refractivity contribution in [3.05, 3.63) is 108 Å². The number of nitrogens with two attached hydrogens (primary N) is 1. The van der Waals surface area contributed by atoms with Crippen molar-refractivity contribution in [2.45, 2.75) is 18.4 Å². The maximum atomic E-state index is 14.4. The lowest BCUT2D eigenvalue weighted by Gasteiger charge is -2.41. The Labute approximate surface area is 203 Å². The number of aliphatic imine (C=N–C) groups is 1. The number of hydrogen-bond donors (Lipinski definition) is 1. The summed E-state index contributed by atoms with van der Waals surface area (Å²) in [6.45, 7) is 1.87. The molecule has 0 saturated carbocycles. The predicted molar refractivity (Wildman–Crippen MR) is 134 cm³/mol. The molecule has 2 N–H and O–H groups in total. The first kappa shape index (κ1) is 22.4. The number of nitrogens with zero attached hydrogens (tertiary/aromatic N) is 4. The topological polar surface area (TPSA) is 84.5 Å². The predicted octanol–water partition coefficient (Wildman–Crippen LogP) is 4.74. The SMILES string of the molecule is CN1C(=O)[C@@H](c2ccc(-c3ccccc3)cc2)[C@@](C)(c2ccnc(-c3cccnc3F)c2)N=C1N. The Morgan fingerprint density at radius 3 is 2.34 bits per heavy atom. The summed E-state index contributed by atoms with van der Waals surface area (Å²) in [5, 5.41) is 0. The molecule has 0 spiro atoms. The van der Waals surface area contributed by atoms with E-state index in [4.69, 9.17) is 10.7 Å². The van der Waals surface area contributed by atoms with Crippen molar-refractivity contribution in [1.29, 1.82) is 0 Å². The third-order valence-electron chi connectivity index (χ3n) is 6.56. The van der Waals surface area contributed by atoms with Crippen LogP contribution in [0.3, 0.4) is 0 Å². The monoisotopic (exact) mass is 465 g/mol. The molecule has 0 radical (unpaired) electrons. The van der Waals surface area contributed by atoms with Crippen LogP contribution in [0.25, 0.3) is 22.4 Å². The van der Waals surface area contributed by atoms with Gasteiger partial charge < -0.3 is 5.73 Å². The van der Waals surface area contributed by atoms with Crippen LogP contribution < -0.4 is 5.73 Å². The zero-order chi connectivity index (χ0) is 24.6. The van der Waals surface area contributed by atoms with Crippen LogP contribution in [0.15, 0.2) is 96.2 Å². The first-order valence-electron chi connectivity index (χ1n) is 11.2. The van der Waals surface area contributed by atoms with Gasteiger partial charge in [-0.3, -0.25) is 14.7 Å². The lowest BCUT2D eigenvalue weighted by Crippen LogP contribution is -2.52. The van der Waals surface area contributed by atoms with Gasteiger partial charge in [-0.15, -0.1) is 0 Å². The van der Waals surface area contributed by atoms with Crippen LogP contribution in [0, 0.1) is 5.95 Å². The van der Waals surface area contributed by atoms with Crippen LogP contribution in [-0.4, -0.2) is 33.8 Å². The average Bonchev–Trinajstić information content (AvgIpc) is 2.89. The highest BCUT2D eigenvalue weighted by atomic mass is 19.1. The van der Waals surface area contributed by atoms with Crippen LogP contribution in [0.5, 0.6) is 0 Å². The normalized spacial score (nSPS) is 20.0. The van der Waals surface area contributed by atoms with E-state index in [1.54, 1.807) is 37.5 Å². The second kappa shape index (κ2) is 8.76. The zero-order valence-electron chi connectivity index (χ0n) is 19.4. The molecule has 0 saturated heterocycles. The highest BCUT2D eigenvalue weighted by Gasteiger charge is 2.47. The number of benzene rings is 2. The molecule has 7 heteroatoms. The second-order valence-electron chi connectivity index (χ2n) is 8.71. The number of amides is 1. The second-order valence-corrected chi connectivity index (χ2v) is 8.71. The smallest absolute Gasteiger partial charge is 0.239 e. The third kappa shape index (κ3) is 3.95. The molecular formula is C28H24FN5O. The van der Waals surface area contributed by atoms with Crippen molar-refractivity contribution in [3.63, 3.8) is 0 Å². The quantitative estimate of drug-likeness (QED) is 0.442. The molecule has 1 aliphatic rings. The average molecular weight is 466 g/mol. The minimum Gasteiger partial charge on any atom is -0.369 e. The van der Waals surface area contributed by atoms with Crippen LogP contribution in [-0.2, 0) is 10.3 Å². The molecule has 174 valence electrons. The Balaban J connectivity index is 1.61. The molecule has 0 aliphatic carbocycles. The van der Waals surface area contributed by atoms with Crippen molar-refractivity contribution in [2.75, 3.05) is 7.05 Å². The molecule has 5 rings (SSSR count). The molecule has 2 aromatic carbocycles.